The van der Waals surface area contributed by atoms with E-state index in [1.807, 2.05) is 18.2 Å². The van der Waals surface area contributed by atoms with Crippen LogP contribution in [0.2, 0.25) is 5.02 Å². The highest BCUT2D eigenvalue weighted by atomic mass is 127. The van der Waals surface area contributed by atoms with E-state index in [1.165, 1.54) is 5.57 Å². The zero-order chi connectivity index (χ0) is 15.6. The van der Waals surface area contributed by atoms with Crippen molar-refractivity contribution >= 4 is 41.5 Å². The van der Waals surface area contributed by atoms with Crippen molar-refractivity contribution in [3.05, 3.63) is 46.5 Å². The Kier molecular flexibility index (Phi) is 10.3. The lowest BCUT2D eigenvalue weighted by Gasteiger charge is -2.15. The summed E-state index contributed by atoms with van der Waals surface area (Å²) >= 11 is 6.15. The molecule has 0 saturated carbocycles. The lowest BCUT2D eigenvalue weighted by molar-refractivity contribution is 0.153. The van der Waals surface area contributed by atoms with Crippen LogP contribution < -0.4 is 10.6 Å². The molecule has 23 heavy (non-hydrogen) atoms. The number of benzene rings is 1. The second-order valence-electron chi connectivity index (χ2n) is 5.20. The lowest BCUT2D eigenvalue weighted by Crippen LogP contribution is -2.38. The molecule has 0 aromatic heterocycles. The zero-order valence-corrected chi connectivity index (χ0v) is 16.6. The maximum absolute atomic E-state index is 6.15. The molecule has 0 amide bonds. The summed E-state index contributed by atoms with van der Waals surface area (Å²) < 4.78 is 5.31. The van der Waals surface area contributed by atoms with Gasteiger partial charge in [0.1, 0.15) is 0 Å². The molecule has 0 radical (unpaired) electrons. The molecule has 2 rings (SSSR count). The van der Waals surface area contributed by atoms with Gasteiger partial charge in [0.25, 0.3) is 0 Å². The van der Waals surface area contributed by atoms with Gasteiger partial charge in [-0.25, -0.2) is 0 Å². The topological polar surface area (TPSA) is 45.7 Å². The summed E-state index contributed by atoms with van der Waals surface area (Å²) in [6, 6.07) is 7.93. The fourth-order valence-electron chi connectivity index (χ4n) is 2.37. The van der Waals surface area contributed by atoms with Gasteiger partial charge in [-0.15, -0.1) is 24.0 Å². The van der Waals surface area contributed by atoms with Crippen LogP contribution in [0.4, 0.5) is 0 Å². The first-order valence-corrected chi connectivity index (χ1v) is 8.11. The van der Waals surface area contributed by atoms with Crippen LogP contribution in [0.5, 0.6) is 0 Å². The van der Waals surface area contributed by atoms with Gasteiger partial charge in [0, 0.05) is 25.2 Å². The maximum atomic E-state index is 6.15. The van der Waals surface area contributed by atoms with Crippen LogP contribution in [0.15, 0.2) is 40.9 Å². The van der Waals surface area contributed by atoms with Gasteiger partial charge >= 0.3 is 0 Å². The first kappa shape index (κ1) is 20.3. The van der Waals surface area contributed by atoms with Crippen LogP contribution in [-0.4, -0.2) is 39.3 Å². The molecule has 1 aliphatic rings. The van der Waals surface area contributed by atoms with Crippen molar-refractivity contribution in [2.24, 2.45) is 4.99 Å². The summed E-state index contributed by atoms with van der Waals surface area (Å²) in [6.45, 7) is 3.29. The van der Waals surface area contributed by atoms with Crippen LogP contribution in [0.1, 0.15) is 18.4 Å². The molecule has 0 bridgehead atoms. The molecule has 1 aromatic rings. The van der Waals surface area contributed by atoms with E-state index in [9.17, 15) is 0 Å². The molecule has 0 spiro atoms. The normalized spacial score (nSPS) is 14.7. The van der Waals surface area contributed by atoms with Crippen molar-refractivity contribution in [2.75, 3.05) is 33.4 Å². The average molecular weight is 450 g/mol. The van der Waals surface area contributed by atoms with Crippen LogP contribution in [0.25, 0.3) is 0 Å². The molecule has 0 unspecified atom stereocenters. The van der Waals surface area contributed by atoms with E-state index in [4.69, 9.17) is 16.3 Å². The van der Waals surface area contributed by atoms with Crippen LogP contribution in [0, 0.1) is 0 Å². The van der Waals surface area contributed by atoms with Crippen LogP contribution >= 0.6 is 35.6 Å². The Hall–Kier alpha value is -0.790. The Morgan fingerprint density at radius 3 is 2.61 bits per heavy atom. The number of rotatable bonds is 6. The van der Waals surface area contributed by atoms with Crippen molar-refractivity contribution in [3.8, 4) is 0 Å². The van der Waals surface area contributed by atoms with Crippen molar-refractivity contribution in [2.45, 2.75) is 19.3 Å². The Morgan fingerprint density at radius 1 is 1.22 bits per heavy atom. The van der Waals surface area contributed by atoms with E-state index in [0.29, 0.717) is 0 Å². The van der Waals surface area contributed by atoms with E-state index in [1.54, 1.807) is 7.05 Å². The molecule has 0 saturated heterocycles. The van der Waals surface area contributed by atoms with E-state index in [2.05, 4.69) is 27.8 Å². The first-order valence-electron chi connectivity index (χ1n) is 7.73. The SMILES string of the molecule is CN=C(NCCC1=CCOCC1)NCCc1ccccc1Cl.I. The number of ether oxygens (including phenoxy) is 1. The van der Waals surface area contributed by atoms with Gasteiger partial charge < -0.3 is 15.4 Å². The van der Waals surface area contributed by atoms with Crippen molar-refractivity contribution < 1.29 is 4.74 Å². The minimum absolute atomic E-state index is 0. The Bertz CT molecular complexity index is 534. The molecule has 1 heterocycles. The summed E-state index contributed by atoms with van der Waals surface area (Å²) in [5, 5.41) is 7.48. The quantitative estimate of drug-likeness (QED) is 0.303. The Balaban J connectivity index is 0.00000264. The zero-order valence-electron chi connectivity index (χ0n) is 13.5. The molecule has 0 atom stereocenters. The highest BCUT2D eigenvalue weighted by Gasteiger charge is 2.04. The molecular weight excluding hydrogens is 425 g/mol. The van der Waals surface area contributed by atoms with Gasteiger partial charge in [0.15, 0.2) is 5.96 Å². The number of nitrogens with one attached hydrogen (secondary N) is 2. The summed E-state index contributed by atoms with van der Waals surface area (Å²) in [5.41, 5.74) is 2.62. The van der Waals surface area contributed by atoms with Crippen LogP contribution in [-0.2, 0) is 11.2 Å². The van der Waals surface area contributed by atoms with Gasteiger partial charge in [0.2, 0.25) is 0 Å². The van der Waals surface area contributed by atoms with E-state index in [-0.39, 0.29) is 24.0 Å². The lowest BCUT2D eigenvalue weighted by atomic mass is 10.1. The Morgan fingerprint density at radius 2 is 1.96 bits per heavy atom. The molecule has 0 fully saturated rings. The number of nitrogens with zero attached hydrogens (tertiary/aromatic N) is 1. The molecule has 128 valence electrons. The smallest absolute Gasteiger partial charge is 0.190 e. The average Bonchev–Trinajstić information content (AvgIpc) is 2.56. The molecule has 0 aliphatic carbocycles. The van der Waals surface area contributed by atoms with E-state index in [0.717, 1.165) is 62.1 Å². The predicted octanol–water partition coefficient (Wildman–Crippen LogP) is 3.40. The second-order valence-corrected chi connectivity index (χ2v) is 5.61. The van der Waals surface area contributed by atoms with Crippen molar-refractivity contribution in [1.82, 2.24) is 10.6 Å². The molecule has 4 nitrogen and oxygen atoms in total. The highest BCUT2D eigenvalue weighted by Crippen LogP contribution is 2.14. The van der Waals surface area contributed by atoms with Gasteiger partial charge in [-0.05, 0) is 30.9 Å². The number of hydrogen-bond acceptors (Lipinski definition) is 2. The third-order valence-corrected chi connectivity index (χ3v) is 4.03. The standard InChI is InChI=1S/C17H24ClN3O.HI/c1-19-17(20-10-6-14-8-12-22-13-9-14)21-11-7-15-4-2-3-5-16(15)18;/h2-5,8H,6-7,9-13H2,1H3,(H2,19,20,21);1H. The number of guanidine groups is 1. The summed E-state index contributed by atoms with van der Waals surface area (Å²) in [4.78, 5) is 4.24. The second kappa shape index (κ2) is 11.7. The van der Waals surface area contributed by atoms with E-state index < -0.39 is 0 Å². The highest BCUT2D eigenvalue weighted by molar-refractivity contribution is 14.0. The fourth-order valence-corrected chi connectivity index (χ4v) is 2.60. The van der Waals surface area contributed by atoms with Gasteiger partial charge in [-0.2, -0.15) is 0 Å². The summed E-state index contributed by atoms with van der Waals surface area (Å²) in [7, 11) is 1.79. The number of hydrogen-bond donors (Lipinski definition) is 2. The molecular formula is C17H25ClIN3O. The third kappa shape index (κ3) is 7.54. The van der Waals surface area contributed by atoms with Crippen molar-refractivity contribution in [3.63, 3.8) is 0 Å². The van der Waals surface area contributed by atoms with Crippen LogP contribution in [0.3, 0.4) is 0 Å². The third-order valence-electron chi connectivity index (χ3n) is 3.66. The molecule has 1 aliphatic heterocycles. The predicted molar refractivity (Wildman–Crippen MR) is 108 cm³/mol. The van der Waals surface area contributed by atoms with Gasteiger partial charge in [-0.1, -0.05) is 41.4 Å². The summed E-state index contributed by atoms with van der Waals surface area (Å²) in [6.07, 6.45) is 5.14. The van der Waals surface area contributed by atoms with Crippen molar-refractivity contribution in [1.29, 1.82) is 0 Å². The molecule has 2 N–H and O–H groups in total. The summed E-state index contributed by atoms with van der Waals surface area (Å²) in [5.74, 6) is 0.833. The molecule has 1 aromatic carbocycles. The minimum Gasteiger partial charge on any atom is -0.377 e. The minimum atomic E-state index is 0. The maximum Gasteiger partial charge on any atom is 0.190 e. The van der Waals surface area contributed by atoms with Gasteiger partial charge in [-0.3, -0.25) is 4.99 Å². The Labute approximate surface area is 160 Å². The molecule has 6 heteroatoms. The van der Waals surface area contributed by atoms with Gasteiger partial charge in [0.05, 0.1) is 13.2 Å². The fraction of sp³-hybridized carbons (Fsp3) is 0.471. The van der Waals surface area contributed by atoms with E-state index >= 15 is 0 Å². The first-order chi connectivity index (χ1) is 10.8. The number of aliphatic imine (C=N–C) groups is 1. The monoisotopic (exact) mass is 449 g/mol. The number of halogens is 2. The largest absolute Gasteiger partial charge is 0.377 e.